The Bertz CT molecular complexity index is 784. The minimum atomic E-state index is -0.0956. The topological polar surface area (TPSA) is 52.3 Å². The summed E-state index contributed by atoms with van der Waals surface area (Å²) < 4.78 is 9.62. The van der Waals surface area contributed by atoms with Crippen molar-refractivity contribution in [3.63, 3.8) is 0 Å². The molecule has 0 N–H and O–H groups in total. The van der Waals surface area contributed by atoms with E-state index in [0.29, 0.717) is 24.6 Å². The van der Waals surface area contributed by atoms with Crippen LogP contribution in [0.15, 0.2) is 30.3 Å². The van der Waals surface area contributed by atoms with E-state index in [-0.39, 0.29) is 11.9 Å². The quantitative estimate of drug-likeness (QED) is 0.606. The van der Waals surface area contributed by atoms with Gasteiger partial charge in [-0.1, -0.05) is 30.3 Å². The molecule has 134 valence electrons. The van der Waals surface area contributed by atoms with Crippen LogP contribution in [0.3, 0.4) is 0 Å². The number of hydrogen-bond donors (Lipinski definition) is 0. The number of nitrogens with zero attached hydrogens (tertiary/aromatic N) is 4. The summed E-state index contributed by atoms with van der Waals surface area (Å²) in [7, 11) is 1.94. The van der Waals surface area contributed by atoms with Crippen molar-refractivity contribution < 1.29 is 9.53 Å². The van der Waals surface area contributed by atoms with Gasteiger partial charge in [0.05, 0.1) is 19.2 Å². The fourth-order valence-corrected chi connectivity index (χ4v) is 3.43. The number of carbonyl (C=O) groups excluding carboxylic acids is 1. The highest BCUT2D eigenvalue weighted by atomic mass is 32.1. The Morgan fingerprint density at radius 2 is 2.12 bits per heavy atom. The number of aromatic nitrogens is 3. The Balaban J connectivity index is 1.75. The lowest BCUT2D eigenvalue weighted by Gasteiger charge is -2.31. The van der Waals surface area contributed by atoms with Gasteiger partial charge in [-0.25, -0.2) is 4.68 Å². The van der Waals surface area contributed by atoms with Crippen LogP contribution in [-0.2, 0) is 23.2 Å². The molecule has 0 bridgehead atoms. The molecular weight excluding hydrogens is 336 g/mol. The fraction of sp³-hybridized carbons (Fsp3) is 0.500. The zero-order valence-corrected chi connectivity index (χ0v) is 15.5. The van der Waals surface area contributed by atoms with Gasteiger partial charge < -0.3 is 9.30 Å². The molecule has 1 aromatic heterocycles. The molecule has 1 aliphatic heterocycles. The molecule has 1 aromatic carbocycles. The van der Waals surface area contributed by atoms with Crippen LogP contribution in [-0.4, -0.2) is 44.9 Å². The zero-order chi connectivity index (χ0) is 17.8. The molecule has 0 radical (unpaired) electrons. The summed E-state index contributed by atoms with van der Waals surface area (Å²) in [6.45, 7) is 4.50. The number of likely N-dealkylation sites (tertiary alicyclic amines) is 1. The highest BCUT2D eigenvalue weighted by molar-refractivity contribution is 7.71. The molecule has 0 amide bonds. The third-order valence-electron chi connectivity index (χ3n) is 4.53. The Labute approximate surface area is 153 Å². The van der Waals surface area contributed by atoms with Gasteiger partial charge >= 0.3 is 5.97 Å². The molecular formula is C18H24N4O2S. The van der Waals surface area contributed by atoms with Crippen molar-refractivity contribution in [2.45, 2.75) is 26.4 Å². The number of benzene rings is 1. The van der Waals surface area contributed by atoms with Crippen LogP contribution in [0.4, 0.5) is 0 Å². The van der Waals surface area contributed by atoms with Crippen LogP contribution in [0, 0.1) is 10.7 Å². The van der Waals surface area contributed by atoms with Crippen LogP contribution >= 0.6 is 12.2 Å². The van der Waals surface area contributed by atoms with E-state index >= 15 is 0 Å². The second-order valence-corrected chi connectivity index (χ2v) is 6.71. The number of carbonyl (C=O) groups is 1. The van der Waals surface area contributed by atoms with Gasteiger partial charge in [0.1, 0.15) is 0 Å². The van der Waals surface area contributed by atoms with Gasteiger partial charge in [-0.2, -0.15) is 5.10 Å². The third-order valence-corrected chi connectivity index (χ3v) is 5.02. The Kier molecular flexibility index (Phi) is 5.65. The molecule has 1 aliphatic rings. The zero-order valence-electron chi connectivity index (χ0n) is 14.7. The van der Waals surface area contributed by atoms with E-state index in [0.717, 1.165) is 30.8 Å². The van der Waals surface area contributed by atoms with E-state index in [1.165, 1.54) is 0 Å². The predicted octanol–water partition coefficient (Wildman–Crippen LogP) is 2.85. The van der Waals surface area contributed by atoms with Crippen molar-refractivity contribution in [1.82, 2.24) is 19.2 Å². The molecule has 7 heteroatoms. The van der Waals surface area contributed by atoms with E-state index < -0.39 is 0 Å². The molecule has 1 fully saturated rings. The number of piperidine rings is 1. The second kappa shape index (κ2) is 7.93. The van der Waals surface area contributed by atoms with Crippen molar-refractivity contribution in [3.8, 4) is 11.4 Å². The molecule has 25 heavy (non-hydrogen) atoms. The first kappa shape index (κ1) is 17.8. The molecule has 2 aromatic rings. The van der Waals surface area contributed by atoms with Crippen LogP contribution in [0.2, 0.25) is 0 Å². The van der Waals surface area contributed by atoms with Crippen LogP contribution in [0.5, 0.6) is 0 Å². The maximum atomic E-state index is 12.0. The smallest absolute Gasteiger partial charge is 0.310 e. The molecule has 1 atom stereocenters. The Morgan fingerprint density at radius 3 is 2.84 bits per heavy atom. The average Bonchev–Trinajstić information content (AvgIpc) is 2.91. The molecule has 1 saturated heterocycles. The molecule has 2 heterocycles. The number of esters is 1. The second-order valence-electron chi connectivity index (χ2n) is 6.34. The first-order chi connectivity index (χ1) is 12.1. The molecule has 0 unspecified atom stereocenters. The van der Waals surface area contributed by atoms with Crippen molar-refractivity contribution >= 4 is 18.2 Å². The first-order valence-electron chi connectivity index (χ1n) is 8.68. The highest BCUT2D eigenvalue weighted by Crippen LogP contribution is 2.20. The Hall–Kier alpha value is -1.99. The van der Waals surface area contributed by atoms with Gasteiger partial charge in [-0.05, 0) is 38.5 Å². The molecule has 0 saturated carbocycles. The summed E-state index contributed by atoms with van der Waals surface area (Å²) in [5, 5.41) is 4.70. The standard InChI is InChI=1S/C18H24N4O2S/c1-3-24-17(23)15-10-7-11-21(12-15)13-22-18(25)20(2)16(19-22)14-8-5-4-6-9-14/h4-6,8-9,15H,3,7,10-13H2,1-2H3/t15-/m0/s1. The van der Waals surface area contributed by atoms with E-state index in [2.05, 4.69) is 4.90 Å². The van der Waals surface area contributed by atoms with Crippen molar-refractivity contribution in [2.24, 2.45) is 13.0 Å². The van der Waals surface area contributed by atoms with Crippen molar-refractivity contribution in [1.29, 1.82) is 0 Å². The van der Waals surface area contributed by atoms with Crippen LogP contribution in [0.1, 0.15) is 19.8 Å². The fourth-order valence-electron chi connectivity index (χ4n) is 3.24. The van der Waals surface area contributed by atoms with Crippen molar-refractivity contribution in [2.75, 3.05) is 19.7 Å². The number of ether oxygens (including phenoxy) is 1. The number of rotatable bonds is 5. The average molecular weight is 360 g/mol. The van der Waals surface area contributed by atoms with Gasteiger partial charge in [-0.15, -0.1) is 0 Å². The lowest BCUT2D eigenvalue weighted by atomic mass is 9.99. The summed E-state index contributed by atoms with van der Waals surface area (Å²) in [5.74, 6) is 0.700. The van der Waals surface area contributed by atoms with E-state index in [9.17, 15) is 4.79 Å². The van der Waals surface area contributed by atoms with E-state index in [1.54, 1.807) is 0 Å². The number of hydrogen-bond acceptors (Lipinski definition) is 5. The first-order valence-corrected chi connectivity index (χ1v) is 9.09. The summed E-state index contributed by atoms with van der Waals surface area (Å²) >= 11 is 5.55. The highest BCUT2D eigenvalue weighted by Gasteiger charge is 2.27. The molecule has 0 spiro atoms. The van der Waals surface area contributed by atoms with Crippen LogP contribution in [0.25, 0.3) is 11.4 Å². The summed E-state index contributed by atoms with van der Waals surface area (Å²) in [5.41, 5.74) is 1.04. The van der Waals surface area contributed by atoms with Gasteiger partial charge in [0.15, 0.2) is 10.6 Å². The summed E-state index contributed by atoms with van der Waals surface area (Å²) in [6, 6.07) is 10.0. The predicted molar refractivity (Wildman–Crippen MR) is 98.4 cm³/mol. The third kappa shape index (κ3) is 3.99. The van der Waals surface area contributed by atoms with Crippen LogP contribution < -0.4 is 0 Å². The molecule has 6 nitrogen and oxygen atoms in total. The van der Waals surface area contributed by atoms with Gasteiger partial charge in [0.2, 0.25) is 0 Å². The largest absolute Gasteiger partial charge is 0.466 e. The minimum absolute atomic E-state index is 0.0554. The van der Waals surface area contributed by atoms with Gasteiger partial charge in [0, 0.05) is 19.2 Å². The van der Waals surface area contributed by atoms with Gasteiger partial charge in [0.25, 0.3) is 0 Å². The Morgan fingerprint density at radius 1 is 1.36 bits per heavy atom. The lowest BCUT2D eigenvalue weighted by Crippen LogP contribution is -2.40. The van der Waals surface area contributed by atoms with Gasteiger partial charge in [-0.3, -0.25) is 9.69 Å². The minimum Gasteiger partial charge on any atom is -0.466 e. The monoisotopic (exact) mass is 360 g/mol. The normalized spacial score (nSPS) is 18.2. The molecule has 0 aliphatic carbocycles. The lowest BCUT2D eigenvalue weighted by molar-refractivity contribution is -0.150. The maximum absolute atomic E-state index is 12.0. The van der Waals surface area contributed by atoms with Crippen molar-refractivity contribution in [3.05, 3.63) is 35.1 Å². The summed E-state index contributed by atoms with van der Waals surface area (Å²) in [6.07, 6.45) is 1.87. The SMILES string of the molecule is CCOC(=O)[C@H]1CCCN(Cn2nc(-c3ccccc3)n(C)c2=S)C1. The van der Waals surface area contributed by atoms with E-state index in [4.69, 9.17) is 22.1 Å². The molecule has 3 rings (SSSR count). The summed E-state index contributed by atoms with van der Waals surface area (Å²) in [4.78, 5) is 14.2. The maximum Gasteiger partial charge on any atom is 0.310 e. The van der Waals surface area contributed by atoms with E-state index in [1.807, 2.05) is 53.6 Å².